The summed E-state index contributed by atoms with van der Waals surface area (Å²) < 4.78 is 0. The predicted molar refractivity (Wildman–Crippen MR) is 100 cm³/mol. The Kier molecular flexibility index (Phi) is 6.12. The average Bonchev–Trinajstić information content (AvgIpc) is 2.64. The standard InChI is InChI=1S/C20H26N4O/c1-15-22-13-16(14-23-15)8-11-19(25)7-3-2-6-18-10-9-17-5-4-12-21-20(17)24-18/h8-11,13-14,19,25H,2-7,12H2,1H3,(H,21,24)/b11-8+/t19-/m1/s1. The molecule has 0 radical (unpaired) electrons. The molecule has 3 rings (SSSR count). The van der Waals surface area contributed by atoms with Gasteiger partial charge in [-0.1, -0.05) is 24.6 Å². The molecule has 0 saturated heterocycles. The molecule has 2 N–H and O–H groups in total. The molecule has 0 spiro atoms. The Balaban J connectivity index is 1.40. The van der Waals surface area contributed by atoms with Gasteiger partial charge in [0, 0.05) is 30.2 Å². The van der Waals surface area contributed by atoms with E-state index in [1.54, 1.807) is 12.4 Å². The first kappa shape index (κ1) is 17.5. The Hall–Kier alpha value is -2.27. The number of nitrogens with zero attached hydrogens (tertiary/aromatic N) is 3. The van der Waals surface area contributed by atoms with Gasteiger partial charge in [0.05, 0.1) is 6.10 Å². The molecule has 1 atom stereocenters. The number of hydrogen-bond acceptors (Lipinski definition) is 5. The highest BCUT2D eigenvalue weighted by Gasteiger charge is 2.10. The molecule has 132 valence electrons. The molecule has 0 saturated carbocycles. The summed E-state index contributed by atoms with van der Waals surface area (Å²) in [6.45, 7) is 2.88. The third-order valence-electron chi connectivity index (χ3n) is 4.45. The third-order valence-corrected chi connectivity index (χ3v) is 4.45. The van der Waals surface area contributed by atoms with Crippen LogP contribution in [0.25, 0.3) is 6.08 Å². The van der Waals surface area contributed by atoms with Crippen LogP contribution in [-0.4, -0.2) is 32.7 Å². The van der Waals surface area contributed by atoms with Gasteiger partial charge in [0.15, 0.2) is 0 Å². The van der Waals surface area contributed by atoms with Gasteiger partial charge in [-0.05, 0) is 50.7 Å². The molecule has 0 aromatic carbocycles. The fraction of sp³-hybridized carbons (Fsp3) is 0.450. The molecule has 1 aliphatic rings. The molecule has 25 heavy (non-hydrogen) atoms. The van der Waals surface area contributed by atoms with Gasteiger partial charge in [0.2, 0.25) is 0 Å². The van der Waals surface area contributed by atoms with Crippen LogP contribution in [0.4, 0.5) is 5.82 Å². The molecule has 0 amide bonds. The first-order valence-corrected chi connectivity index (χ1v) is 9.08. The van der Waals surface area contributed by atoms with Crippen molar-refractivity contribution in [3.05, 3.63) is 53.2 Å². The minimum absolute atomic E-state index is 0.431. The molecular formula is C20H26N4O. The second-order valence-electron chi connectivity index (χ2n) is 6.58. The summed E-state index contributed by atoms with van der Waals surface area (Å²) in [5.74, 6) is 1.82. The third kappa shape index (κ3) is 5.36. The molecule has 1 aliphatic heterocycles. The summed E-state index contributed by atoms with van der Waals surface area (Å²) in [4.78, 5) is 13.0. The zero-order valence-corrected chi connectivity index (χ0v) is 14.8. The van der Waals surface area contributed by atoms with Crippen LogP contribution in [-0.2, 0) is 12.8 Å². The van der Waals surface area contributed by atoms with Crippen LogP contribution in [0.15, 0.2) is 30.6 Å². The number of anilines is 1. The Bertz CT molecular complexity index is 712. The minimum atomic E-state index is -0.431. The van der Waals surface area contributed by atoms with Crippen LogP contribution >= 0.6 is 0 Å². The molecule has 5 heteroatoms. The lowest BCUT2D eigenvalue weighted by atomic mass is 10.0. The van der Waals surface area contributed by atoms with Crippen LogP contribution in [0.3, 0.4) is 0 Å². The van der Waals surface area contributed by atoms with Crippen LogP contribution < -0.4 is 5.32 Å². The second-order valence-corrected chi connectivity index (χ2v) is 6.58. The highest BCUT2D eigenvalue weighted by atomic mass is 16.3. The molecule has 2 aromatic rings. The molecule has 3 heterocycles. The highest BCUT2D eigenvalue weighted by Crippen LogP contribution is 2.20. The van der Waals surface area contributed by atoms with Gasteiger partial charge in [-0.3, -0.25) is 0 Å². The normalized spacial score (nSPS) is 15.0. The maximum Gasteiger partial charge on any atom is 0.129 e. The van der Waals surface area contributed by atoms with E-state index in [-0.39, 0.29) is 0 Å². The lowest BCUT2D eigenvalue weighted by molar-refractivity contribution is 0.209. The Labute approximate surface area is 149 Å². The second kappa shape index (κ2) is 8.72. The fourth-order valence-corrected chi connectivity index (χ4v) is 2.97. The van der Waals surface area contributed by atoms with E-state index in [9.17, 15) is 5.11 Å². The summed E-state index contributed by atoms with van der Waals surface area (Å²) in [5.41, 5.74) is 3.38. The predicted octanol–water partition coefficient (Wildman–Crippen LogP) is 3.33. The van der Waals surface area contributed by atoms with Gasteiger partial charge >= 0.3 is 0 Å². The van der Waals surface area contributed by atoms with Gasteiger partial charge < -0.3 is 10.4 Å². The number of aliphatic hydroxyl groups is 1. The van der Waals surface area contributed by atoms with Crippen molar-refractivity contribution in [1.82, 2.24) is 15.0 Å². The zero-order chi connectivity index (χ0) is 17.5. The number of aliphatic hydroxyl groups excluding tert-OH is 1. The number of aromatic nitrogens is 3. The molecule has 0 unspecified atom stereocenters. The first-order valence-electron chi connectivity index (χ1n) is 9.08. The van der Waals surface area contributed by atoms with E-state index in [0.717, 1.165) is 61.5 Å². The van der Waals surface area contributed by atoms with E-state index in [0.29, 0.717) is 0 Å². The number of unbranched alkanes of at least 4 members (excludes halogenated alkanes) is 1. The Morgan fingerprint density at radius 3 is 2.92 bits per heavy atom. The van der Waals surface area contributed by atoms with E-state index in [4.69, 9.17) is 4.98 Å². The lowest BCUT2D eigenvalue weighted by Gasteiger charge is -2.17. The van der Waals surface area contributed by atoms with Crippen molar-refractivity contribution < 1.29 is 5.11 Å². The lowest BCUT2D eigenvalue weighted by Crippen LogP contribution is -2.14. The monoisotopic (exact) mass is 338 g/mol. The van der Waals surface area contributed by atoms with E-state index in [1.165, 1.54) is 12.0 Å². The van der Waals surface area contributed by atoms with Crippen LogP contribution in [0, 0.1) is 6.92 Å². The largest absolute Gasteiger partial charge is 0.389 e. The van der Waals surface area contributed by atoms with Crippen molar-refractivity contribution >= 4 is 11.9 Å². The summed E-state index contributed by atoms with van der Waals surface area (Å²) in [5, 5.41) is 13.4. The van der Waals surface area contributed by atoms with Crippen molar-refractivity contribution in [3.63, 3.8) is 0 Å². The van der Waals surface area contributed by atoms with Gasteiger partial charge in [0.25, 0.3) is 0 Å². The van der Waals surface area contributed by atoms with E-state index >= 15 is 0 Å². The summed E-state index contributed by atoms with van der Waals surface area (Å²) in [6.07, 6.45) is 12.8. The number of fused-ring (bicyclic) bond motifs is 1. The van der Waals surface area contributed by atoms with Crippen LogP contribution in [0.2, 0.25) is 0 Å². The number of hydrogen-bond donors (Lipinski definition) is 2. The minimum Gasteiger partial charge on any atom is -0.389 e. The molecule has 0 aliphatic carbocycles. The van der Waals surface area contributed by atoms with Crippen LogP contribution in [0.5, 0.6) is 0 Å². The number of nitrogens with one attached hydrogen (secondary N) is 1. The highest BCUT2D eigenvalue weighted by molar-refractivity contribution is 5.47. The molecule has 0 bridgehead atoms. The smallest absolute Gasteiger partial charge is 0.129 e. The van der Waals surface area contributed by atoms with Crippen LogP contribution in [0.1, 0.15) is 48.3 Å². The van der Waals surface area contributed by atoms with Crippen molar-refractivity contribution in [3.8, 4) is 0 Å². The van der Waals surface area contributed by atoms with E-state index in [2.05, 4.69) is 27.4 Å². The van der Waals surface area contributed by atoms with Crippen molar-refractivity contribution in [2.45, 2.75) is 51.6 Å². The fourth-order valence-electron chi connectivity index (χ4n) is 2.97. The van der Waals surface area contributed by atoms with E-state index < -0.39 is 6.10 Å². The van der Waals surface area contributed by atoms with Gasteiger partial charge in [-0.15, -0.1) is 0 Å². The first-order chi connectivity index (χ1) is 12.2. The quantitative estimate of drug-likeness (QED) is 0.758. The zero-order valence-electron chi connectivity index (χ0n) is 14.8. The maximum atomic E-state index is 10.1. The summed E-state index contributed by atoms with van der Waals surface area (Å²) in [6, 6.07) is 4.34. The number of pyridine rings is 1. The van der Waals surface area contributed by atoms with Gasteiger partial charge in [0.1, 0.15) is 11.6 Å². The van der Waals surface area contributed by atoms with Gasteiger partial charge in [-0.2, -0.15) is 0 Å². The van der Waals surface area contributed by atoms with Gasteiger partial charge in [-0.25, -0.2) is 15.0 Å². The molecule has 0 fully saturated rings. The molecule has 5 nitrogen and oxygen atoms in total. The topological polar surface area (TPSA) is 70.9 Å². The number of rotatable bonds is 7. The Morgan fingerprint density at radius 2 is 2.08 bits per heavy atom. The molecule has 2 aromatic heterocycles. The van der Waals surface area contributed by atoms with Crippen molar-refractivity contribution in [2.75, 3.05) is 11.9 Å². The van der Waals surface area contributed by atoms with E-state index in [1.807, 2.05) is 19.1 Å². The SMILES string of the molecule is Cc1ncc(/C=C/[C@H](O)CCCCc2ccc3c(n2)NCCC3)cn1. The summed E-state index contributed by atoms with van der Waals surface area (Å²) in [7, 11) is 0. The Morgan fingerprint density at radius 1 is 1.24 bits per heavy atom. The molecular weight excluding hydrogens is 312 g/mol. The summed E-state index contributed by atoms with van der Waals surface area (Å²) >= 11 is 0. The number of aryl methyl sites for hydroxylation is 3. The maximum absolute atomic E-state index is 10.1. The average molecular weight is 338 g/mol. The van der Waals surface area contributed by atoms with Crippen molar-refractivity contribution in [1.29, 1.82) is 0 Å². The van der Waals surface area contributed by atoms with Crippen molar-refractivity contribution in [2.24, 2.45) is 0 Å².